The Morgan fingerprint density at radius 3 is 2.78 bits per heavy atom. The Kier molecular flexibility index (Phi) is 6.03. The second-order valence-electron chi connectivity index (χ2n) is 9.03. The Balaban J connectivity index is 1.25. The molecule has 1 fully saturated rings. The quantitative estimate of drug-likeness (QED) is 0.310. The molecule has 1 saturated heterocycles. The lowest BCUT2D eigenvalue weighted by Gasteiger charge is -2.26. The van der Waals surface area contributed by atoms with E-state index in [1.807, 2.05) is 6.07 Å². The van der Waals surface area contributed by atoms with Crippen LogP contribution < -0.4 is 5.32 Å². The number of carbonyl (C=O) groups is 1. The summed E-state index contributed by atoms with van der Waals surface area (Å²) in [5.41, 5.74) is 5.57. The van der Waals surface area contributed by atoms with E-state index >= 15 is 0 Å². The van der Waals surface area contributed by atoms with E-state index in [2.05, 4.69) is 37.5 Å². The summed E-state index contributed by atoms with van der Waals surface area (Å²) in [7, 11) is 0. The molecule has 4 heterocycles. The Bertz CT molecular complexity index is 1560. The number of hydrogen-bond donors (Lipinski definition) is 3. The lowest BCUT2D eigenvalue weighted by Crippen LogP contribution is -2.35. The van der Waals surface area contributed by atoms with Crippen molar-refractivity contribution >= 4 is 22.6 Å². The summed E-state index contributed by atoms with van der Waals surface area (Å²) < 4.78 is 24.4. The molecule has 6 rings (SSSR count). The van der Waals surface area contributed by atoms with Gasteiger partial charge >= 0.3 is 0 Å². The number of aryl methyl sites for hydroxylation is 1. The molecule has 37 heavy (non-hydrogen) atoms. The number of benzene rings is 2. The van der Waals surface area contributed by atoms with Gasteiger partial charge in [0.15, 0.2) is 5.82 Å². The van der Waals surface area contributed by atoms with Crippen LogP contribution in [0.4, 0.5) is 10.1 Å². The number of aromatic amines is 2. The van der Waals surface area contributed by atoms with Crippen LogP contribution in [0.2, 0.25) is 0 Å². The van der Waals surface area contributed by atoms with Crippen molar-refractivity contribution in [3.63, 3.8) is 0 Å². The summed E-state index contributed by atoms with van der Waals surface area (Å²) in [5, 5.41) is 9.98. The first kappa shape index (κ1) is 23.1. The highest BCUT2D eigenvalue weighted by molar-refractivity contribution is 6.10. The molecule has 1 aliphatic rings. The van der Waals surface area contributed by atoms with Gasteiger partial charge in [-0.15, -0.1) is 0 Å². The lowest BCUT2D eigenvalue weighted by atomic mass is 10.0. The highest BCUT2D eigenvalue weighted by Gasteiger charge is 2.22. The minimum atomic E-state index is -0.364. The van der Waals surface area contributed by atoms with Crippen LogP contribution >= 0.6 is 0 Å². The summed E-state index contributed by atoms with van der Waals surface area (Å²) in [5.74, 6) is 0.307. The van der Waals surface area contributed by atoms with Crippen LogP contribution in [0.25, 0.3) is 33.7 Å². The van der Waals surface area contributed by atoms with Crippen molar-refractivity contribution in [1.29, 1.82) is 0 Å². The highest BCUT2D eigenvalue weighted by Crippen LogP contribution is 2.31. The number of aromatic nitrogens is 4. The van der Waals surface area contributed by atoms with Crippen LogP contribution in [0.3, 0.4) is 0 Å². The summed E-state index contributed by atoms with van der Waals surface area (Å²) in [6.07, 6.45) is 3.04. The molecule has 188 valence electrons. The maximum Gasteiger partial charge on any atom is 0.259 e. The Morgan fingerprint density at radius 1 is 1.16 bits per heavy atom. The third-order valence-electron chi connectivity index (χ3n) is 6.54. The van der Waals surface area contributed by atoms with Gasteiger partial charge in [-0.05, 0) is 42.3 Å². The molecule has 0 unspecified atom stereocenters. The summed E-state index contributed by atoms with van der Waals surface area (Å²) >= 11 is 0. The van der Waals surface area contributed by atoms with Crippen LogP contribution in [0.15, 0.2) is 59.3 Å². The number of ether oxygens (including phenoxy) is 1. The molecule has 0 spiro atoms. The molecule has 0 aliphatic carbocycles. The number of anilines is 1. The van der Waals surface area contributed by atoms with Crippen molar-refractivity contribution in [2.45, 2.75) is 13.5 Å². The number of fused-ring (bicyclic) bond motifs is 1. The molecule has 0 saturated carbocycles. The molecule has 5 aromatic rings. The molecule has 3 aromatic heterocycles. The zero-order valence-corrected chi connectivity index (χ0v) is 20.2. The fourth-order valence-electron chi connectivity index (χ4n) is 4.62. The smallest absolute Gasteiger partial charge is 0.259 e. The summed E-state index contributed by atoms with van der Waals surface area (Å²) in [4.78, 5) is 23.7. The summed E-state index contributed by atoms with van der Waals surface area (Å²) in [6, 6.07) is 12.1. The fourth-order valence-corrected chi connectivity index (χ4v) is 4.62. The van der Waals surface area contributed by atoms with E-state index in [0.717, 1.165) is 43.9 Å². The van der Waals surface area contributed by atoms with E-state index in [4.69, 9.17) is 14.1 Å². The zero-order valence-electron chi connectivity index (χ0n) is 20.2. The van der Waals surface area contributed by atoms with Gasteiger partial charge in [-0.3, -0.25) is 14.8 Å². The van der Waals surface area contributed by atoms with Crippen LogP contribution in [-0.2, 0) is 11.3 Å². The van der Waals surface area contributed by atoms with E-state index < -0.39 is 0 Å². The average molecular weight is 501 g/mol. The molecular formula is C27H25FN6O3. The number of furan rings is 1. The van der Waals surface area contributed by atoms with Gasteiger partial charge < -0.3 is 19.5 Å². The second kappa shape index (κ2) is 9.64. The minimum Gasteiger partial charge on any atom is -0.468 e. The number of hydrogen-bond acceptors (Lipinski definition) is 6. The van der Waals surface area contributed by atoms with Crippen LogP contribution in [0, 0.1) is 12.7 Å². The van der Waals surface area contributed by atoms with E-state index in [1.54, 1.807) is 19.1 Å². The van der Waals surface area contributed by atoms with Crippen molar-refractivity contribution in [3.8, 4) is 22.6 Å². The molecule has 2 aromatic carbocycles. The molecule has 1 amide bonds. The van der Waals surface area contributed by atoms with Gasteiger partial charge in [0, 0.05) is 25.2 Å². The Hall–Kier alpha value is -4.28. The Labute approximate surface area is 211 Å². The van der Waals surface area contributed by atoms with Crippen molar-refractivity contribution in [1.82, 2.24) is 25.1 Å². The van der Waals surface area contributed by atoms with Gasteiger partial charge in [-0.2, -0.15) is 5.10 Å². The topological polar surface area (TPSA) is 112 Å². The Morgan fingerprint density at radius 2 is 1.97 bits per heavy atom. The van der Waals surface area contributed by atoms with Gasteiger partial charge in [0.05, 0.1) is 48.0 Å². The van der Waals surface area contributed by atoms with Gasteiger partial charge in [0.1, 0.15) is 17.3 Å². The standard InChI is InChI=1S/C27H25FN6O3/c1-16-24(20(15-37-16)18-3-5-19(28)6-4-18)27(35)32-23-13-29-33-25(23)26-30-21-7-2-17(12-22(21)31-26)14-34-8-10-36-11-9-34/h2-7,12-13,15H,8-11,14H2,1H3,(H,29,33)(H,30,31)(H,32,35). The third-order valence-corrected chi connectivity index (χ3v) is 6.54. The van der Waals surface area contributed by atoms with Crippen molar-refractivity contribution in [2.75, 3.05) is 31.6 Å². The normalized spacial score (nSPS) is 14.3. The molecule has 3 N–H and O–H groups in total. The van der Waals surface area contributed by atoms with E-state index in [9.17, 15) is 9.18 Å². The molecule has 0 atom stereocenters. The number of nitrogens with zero attached hydrogens (tertiary/aromatic N) is 3. The second-order valence-corrected chi connectivity index (χ2v) is 9.03. The van der Waals surface area contributed by atoms with Crippen molar-refractivity contribution in [2.24, 2.45) is 0 Å². The molecule has 9 nitrogen and oxygen atoms in total. The number of halogens is 1. The van der Waals surface area contributed by atoms with Crippen molar-refractivity contribution in [3.05, 3.63) is 77.6 Å². The summed E-state index contributed by atoms with van der Waals surface area (Å²) in [6.45, 7) is 5.92. The van der Waals surface area contributed by atoms with Gasteiger partial charge in [0.2, 0.25) is 0 Å². The van der Waals surface area contributed by atoms with E-state index in [0.29, 0.717) is 39.7 Å². The lowest BCUT2D eigenvalue weighted by molar-refractivity contribution is 0.0342. The molecule has 0 radical (unpaired) electrons. The number of nitrogens with one attached hydrogen (secondary N) is 3. The number of H-pyrrole nitrogens is 2. The largest absolute Gasteiger partial charge is 0.468 e. The minimum absolute atomic E-state index is 0.350. The fraction of sp³-hybridized carbons (Fsp3) is 0.222. The van der Waals surface area contributed by atoms with Crippen LogP contribution in [0.5, 0.6) is 0 Å². The van der Waals surface area contributed by atoms with Gasteiger partial charge in [-0.25, -0.2) is 9.37 Å². The number of rotatable bonds is 6. The molecular weight excluding hydrogens is 475 g/mol. The van der Waals surface area contributed by atoms with E-state index in [1.165, 1.54) is 30.2 Å². The first-order chi connectivity index (χ1) is 18.0. The number of morpholine rings is 1. The van der Waals surface area contributed by atoms with E-state index in [-0.39, 0.29) is 11.7 Å². The molecule has 0 bridgehead atoms. The highest BCUT2D eigenvalue weighted by atomic mass is 19.1. The van der Waals surface area contributed by atoms with Gasteiger partial charge in [-0.1, -0.05) is 18.2 Å². The SMILES string of the molecule is Cc1occ(-c2ccc(F)cc2)c1C(=O)Nc1cn[nH]c1-c1nc2ccc(CN3CCOCC3)cc2[nH]1. The first-order valence-electron chi connectivity index (χ1n) is 12.0. The predicted octanol–water partition coefficient (Wildman–Crippen LogP) is 4.75. The van der Waals surface area contributed by atoms with Crippen LogP contribution in [0.1, 0.15) is 21.7 Å². The van der Waals surface area contributed by atoms with Crippen LogP contribution in [-0.4, -0.2) is 57.3 Å². The third kappa shape index (κ3) is 4.64. The maximum atomic E-state index is 13.4. The number of imidazole rings is 1. The van der Waals surface area contributed by atoms with Gasteiger partial charge in [0.25, 0.3) is 5.91 Å². The monoisotopic (exact) mass is 500 g/mol. The predicted molar refractivity (Wildman–Crippen MR) is 137 cm³/mol. The zero-order chi connectivity index (χ0) is 25.4. The average Bonchev–Trinajstić information content (AvgIpc) is 3.63. The number of carbonyl (C=O) groups excluding carboxylic acids is 1. The van der Waals surface area contributed by atoms with Crippen molar-refractivity contribution < 1.29 is 18.3 Å². The first-order valence-corrected chi connectivity index (χ1v) is 12.0. The molecule has 10 heteroatoms. The molecule has 1 aliphatic heterocycles. The maximum absolute atomic E-state index is 13.4. The number of amides is 1.